The van der Waals surface area contributed by atoms with Gasteiger partial charge in [0.25, 0.3) is 0 Å². The summed E-state index contributed by atoms with van der Waals surface area (Å²) in [5, 5.41) is 0. The van der Waals surface area contributed by atoms with Gasteiger partial charge >= 0.3 is 0 Å². The Kier molecular flexibility index (Phi) is 2.49. The maximum Gasteiger partial charge on any atom is 0.0576 e. The molecule has 2 heteroatoms. The van der Waals surface area contributed by atoms with Crippen molar-refractivity contribution in [2.24, 2.45) is 11.7 Å². The minimum atomic E-state index is 0.452. The van der Waals surface area contributed by atoms with Gasteiger partial charge in [0.1, 0.15) is 0 Å². The molecule has 54 valence electrons. The predicted octanol–water partition coefficient (Wildman–Crippen LogP) is 0.760. The zero-order chi connectivity index (χ0) is 6.69. The molecule has 1 heterocycles. The molecule has 1 aliphatic rings. The van der Waals surface area contributed by atoms with E-state index in [1.165, 1.54) is 6.42 Å². The van der Waals surface area contributed by atoms with Crippen LogP contribution >= 0.6 is 0 Å². The van der Waals surface area contributed by atoms with E-state index in [2.05, 4.69) is 6.92 Å². The van der Waals surface area contributed by atoms with Crippen molar-refractivity contribution in [1.29, 1.82) is 0 Å². The topological polar surface area (TPSA) is 35.2 Å². The Hall–Kier alpha value is -0.0800. The minimum absolute atomic E-state index is 0.452. The molecule has 2 N–H and O–H groups in total. The van der Waals surface area contributed by atoms with Crippen LogP contribution in [0.2, 0.25) is 0 Å². The first-order valence-corrected chi connectivity index (χ1v) is 3.66. The van der Waals surface area contributed by atoms with Crippen molar-refractivity contribution in [3.8, 4) is 0 Å². The molecule has 2 nitrogen and oxygen atoms in total. The Morgan fingerprint density at radius 1 is 1.67 bits per heavy atom. The summed E-state index contributed by atoms with van der Waals surface area (Å²) in [6, 6.07) is 0. The van der Waals surface area contributed by atoms with E-state index < -0.39 is 0 Å². The van der Waals surface area contributed by atoms with Crippen molar-refractivity contribution in [3.05, 3.63) is 0 Å². The average Bonchev–Trinajstić information content (AvgIpc) is 2.18. The largest absolute Gasteiger partial charge is 0.378 e. The van der Waals surface area contributed by atoms with Crippen LogP contribution < -0.4 is 5.73 Å². The third kappa shape index (κ3) is 1.66. The van der Waals surface area contributed by atoms with E-state index in [1.807, 2.05) is 0 Å². The first-order valence-electron chi connectivity index (χ1n) is 3.66. The zero-order valence-electron chi connectivity index (χ0n) is 5.97. The predicted molar refractivity (Wildman–Crippen MR) is 37.2 cm³/mol. The fourth-order valence-electron chi connectivity index (χ4n) is 1.37. The molecule has 0 spiro atoms. The van der Waals surface area contributed by atoms with Gasteiger partial charge in [-0.15, -0.1) is 0 Å². The van der Waals surface area contributed by atoms with Crippen LogP contribution in [0.15, 0.2) is 0 Å². The molecule has 0 radical (unpaired) electrons. The van der Waals surface area contributed by atoms with Gasteiger partial charge in [-0.2, -0.15) is 0 Å². The van der Waals surface area contributed by atoms with Gasteiger partial charge in [-0.25, -0.2) is 0 Å². The summed E-state index contributed by atoms with van der Waals surface area (Å²) in [5.74, 6) is 0.731. The summed E-state index contributed by atoms with van der Waals surface area (Å²) < 4.78 is 5.36. The second kappa shape index (κ2) is 3.18. The average molecular weight is 129 g/mol. The van der Waals surface area contributed by atoms with E-state index in [0.717, 1.165) is 25.5 Å². The van der Waals surface area contributed by atoms with Crippen LogP contribution in [0.3, 0.4) is 0 Å². The van der Waals surface area contributed by atoms with E-state index in [-0.39, 0.29) is 0 Å². The molecule has 1 rings (SSSR count). The van der Waals surface area contributed by atoms with Crippen LogP contribution in [0.25, 0.3) is 0 Å². The van der Waals surface area contributed by atoms with Crippen molar-refractivity contribution >= 4 is 0 Å². The first-order chi connectivity index (χ1) is 4.34. The van der Waals surface area contributed by atoms with Crippen LogP contribution in [-0.4, -0.2) is 19.3 Å². The zero-order valence-corrected chi connectivity index (χ0v) is 5.97. The number of nitrogens with two attached hydrogens (primary N) is 1. The highest BCUT2D eigenvalue weighted by molar-refractivity contribution is 4.72. The van der Waals surface area contributed by atoms with Gasteiger partial charge in [0.05, 0.1) is 6.10 Å². The highest BCUT2D eigenvalue weighted by atomic mass is 16.5. The molecular formula is C7H15NO. The molecule has 0 aromatic heterocycles. The summed E-state index contributed by atoms with van der Waals surface area (Å²) in [6.45, 7) is 3.87. The lowest BCUT2D eigenvalue weighted by Gasteiger charge is -2.11. The number of hydrogen-bond acceptors (Lipinski definition) is 2. The molecule has 2 atom stereocenters. The van der Waals surface area contributed by atoms with Crippen LogP contribution in [0.5, 0.6) is 0 Å². The lowest BCUT2D eigenvalue weighted by Crippen LogP contribution is -2.15. The molecule has 0 aromatic rings. The third-order valence-corrected chi connectivity index (χ3v) is 2.07. The molecule has 0 amide bonds. The third-order valence-electron chi connectivity index (χ3n) is 2.07. The van der Waals surface area contributed by atoms with E-state index in [1.54, 1.807) is 0 Å². The van der Waals surface area contributed by atoms with Crippen LogP contribution in [0, 0.1) is 5.92 Å². The normalized spacial score (nSPS) is 35.3. The van der Waals surface area contributed by atoms with E-state index in [9.17, 15) is 0 Å². The molecule has 1 saturated heterocycles. The van der Waals surface area contributed by atoms with Crippen LogP contribution in [0.1, 0.15) is 19.8 Å². The molecule has 0 aromatic carbocycles. The lowest BCUT2D eigenvalue weighted by atomic mass is 9.99. The van der Waals surface area contributed by atoms with E-state index in [0.29, 0.717) is 6.10 Å². The van der Waals surface area contributed by atoms with Gasteiger partial charge in [-0.05, 0) is 32.2 Å². The summed E-state index contributed by atoms with van der Waals surface area (Å²) in [4.78, 5) is 0. The second-order valence-electron chi connectivity index (χ2n) is 2.70. The summed E-state index contributed by atoms with van der Waals surface area (Å²) in [6.07, 6.45) is 2.79. The highest BCUT2D eigenvalue weighted by Crippen LogP contribution is 2.22. The maximum absolute atomic E-state index is 5.42. The monoisotopic (exact) mass is 129 g/mol. The molecule has 0 aliphatic carbocycles. The van der Waals surface area contributed by atoms with Crippen molar-refractivity contribution < 1.29 is 4.74 Å². The Morgan fingerprint density at radius 2 is 2.44 bits per heavy atom. The Bertz CT molecular complexity index is 85.0. The summed E-state index contributed by atoms with van der Waals surface area (Å²) >= 11 is 0. The van der Waals surface area contributed by atoms with Crippen molar-refractivity contribution in [1.82, 2.24) is 0 Å². The molecular weight excluding hydrogens is 114 g/mol. The first kappa shape index (κ1) is 7.03. The van der Waals surface area contributed by atoms with Gasteiger partial charge < -0.3 is 10.5 Å². The maximum atomic E-state index is 5.42. The summed E-state index contributed by atoms with van der Waals surface area (Å²) in [5.41, 5.74) is 5.42. The van der Waals surface area contributed by atoms with E-state index >= 15 is 0 Å². The quantitative estimate of drug-likeness (QED) is 0.597. The smallest absolute Gasteiger partial charge is 0.0576 e. The van der Waals surface area contributed by atoms with Gasteiger partial charge in [-0.1, -0.05) is 0 Å². The Labute approximate surface area is 56.4 Å². The van der Waals surface area contributed by atoms with Gasteiger partial charge in [0.15, 0.2) is 0 Å². The fourth-order valence-corrected chi connectivity index (χ4v) is 1.37. The highest BCUT2D eigenvalue weighted by Gasteiger charge is 2.22. The van der Waals surface area contributed by atoms with Crippen molar-refractivity contribution in [3.63, 3.8) is 0 Å². The molecule has 2 unspecified atom stereocenters. The number of hydrogen-bond donors (Lipinski definition) is 1. The van der Waals surface area contributed by atoms with Gasteiger partial charge in [0.2, 0.25) is 0 Å². The molecule has 9 heavy (non-hydrogen) atoms. The Morgan fingerprint density at radius 3 is 2.89 bits per heavy atom. The Balaban J connectivity index is 2.22. The molecule has 0 bridgehead atoms. The minimum Gasteiger partial charge on any atom is -0.378 e. The molecule has 1 fully saturated rings. The number of rotatable bonds is 2. The van der Waals surface area contributed by atoms with Gasteiger partial charge in [0, 0.05) is 6.61 Å². The summed E-state index contributed by atoms with van der Waals surface area (Å²) in [7, 11) is 0. The fraction of sp³-hybridized carbons (Fsp3) is 1.00. The second-order valence-corrected chi connectivity index (χ2v) is 2.70. The van der Waals surface area contributed by atoms with Crippen molar-refractivity contribution in [2.75, 3.05) is 13.2 Å². The standard InChI is InChI=1S/C7H15NO/c1-6-7(2-4-8)3-5-9-6/h6-7H,2-5,8H2,1H3. The van der Waals surface area contributed by atoms with E-state index in [4.69, 9.17) is 10.5 Å². The number of ether oxygens (including phenoxy) is 1. The van der Waals surface area contributed by atoms with Crippen LogP contribution in [0.4, 0.5) is 0 Å². The molecule has 0 saturated carbocycles. The SMILES string of the molecule is CC1OCCC1CCN. The van der Waals surface area contributed by atoms with Gasteiger partial charge in [-0.3, -0.25) is 0 Å². The molecule has 1 aliphatic heterocycles. The van der Waals surface area contributed by atoms with Crippen molar-refractivity contribution in [2.45, 2.75) is 25.9 Å². The van der Waals surface area contributed by atoms with Crippen LogP contribution in [-0.2, 0) is 4.74 Å². The lowest BCUT2D eigenvalue weighted by molar-refractivity contribution is 0.104.